The molecular formula is C13H18N2. The molecule has 1 unspecified atom stereocenters. The van der Waals surface area contributed by atoms with Gasteiger partial charge in [-0.3, -0.25) is 4.90 Å². The minimum absolute atomic E-state index is 0.131. The fourth-order valence-corrected chi connectivity index (χ4v) is 1.74. The van der Waals surface area contributed by atoms with Gasteiger partial charge in [0.25, 0.3) is 0 Å². The van der Waals surface area contributed by atoms with Crippen molar-refractivity contribution in [1.82, 2.24) is 4.90 Å². The Morgan fingerprint density at radius 1 is 1.27 bits per heavy atom. The van der Waals surface area contributed by atoms with E-state index < -0.39 is 0 Å². The second-order valence-corrected chi connectivity index (χ2v) is 4.28. The molecule has 0 aliphatic carbocycles. The van der Waals surface area contributed by atoms with E-state index >= 15 is 0 Å². The molecule has 0 fully saturated rings. The Balaban J connectivity index is 2.77. The molecule has 80 valence electrons. The SMILES string of the molecule is CC(C)CN(C)C(C#N)c1ccccc1. The first-order valence-corrected chi connectivity index (χ1v) is 5.30. The van der Waals surface area contributed by atoms with Crippen LogP contribution in [0.2, 0.25) is 0 Å². The molecule has 0 aromatic heterocycles. The van der Waals surface area contributed by atoms with Crippen molar-refractivity contribution in [3.63, 3.8) is 0 Å². The quantitative estimate of drug-likeness (QED) is 0.750. The first kappa shape index (κ1) is 11.7. The summed E-state index contributed by atoms with van der Waals surface area (Å²) >= 11 is 0. The van der Waals surface area contributed by atoms with Crippen LogP contribution in [0.3, 0.4) is 0 Å². The molecule has 1 atom stereocenters. The Labute approximate surface area is 92.1 Å². The van der Waals surface area contributed by atoms with E-state index in [4.69, 9.17) is 0 Å². The molecule has 0 saturated carbocycles. The normalized spacial score (nSPS) is 12.8. The molecule has 0 spiro atoms. The molecule has 0 aliphatic rings. The minimum atomic E-state index is -0.131. The molecule has 1 rings (SSSR count). The third kappa shape index (κ3) is 3.38. The summed E-state index contributed by atoms with van der Waals surface area (Å²) < 4.78 is 0. The average Bonchev–Trinajstić information content (AvgIpc) is 2.19. The van der Waals surface area contributed by atoms with Crippen LogP contribution in [-0.4, -0.2) is 18.5 Å². The molecule has 0 aliphatic heterocycles. The van der Waals surface area contributed by atoms with Gasteiger partial charge in [0, 0.05) is 6.54 Å². The van der Waals surface area contributed by atoms with Crippen LogP contribution in [0.4, 0.5) is 0 Å². The highest BCUT2D eigenvalue weighted by Crippen LogP contribution is 2.18. The molecule has 15 heavy (non-hydrogen) atoms. The molecule has 1 aromatic rings. The van der Waals surface area contributed by atoms with Gasteiger partial charge < -0.3 is 0 Å². The second-order valence-electron chi connectivity index (χ2n) is 4.28. The standard InChI is InChI=1S/C13H18N2/c1-11(2)10-15(3)13(9-14)12-7-5-4-6-8-12/h4-8,11,13H,10H2,1-3H3. The highest BCUT2D eigenvalue weighted by molar-refractivity contribution is 5.23. The molecule has 0 saturated heterocycles. The summed E-state index contributed by atoms with van der Waals surface area (Å²) in [5, 5.41) is 9.17. The first-order chi connectivity index (χ1) is 7.15. The fourth-order valence-electron chi connectivity index (χ4n) is 1.74. The summed E-state index contributed by atoms with van der Waals surface area (Å²) in [6.45, 7) is 5.26. The minimum Gasteiger partial charge on any atom is -0.287 e. The molecule has 0 amide bonds. The average molecular weight is 202 g/mol. The van der Waals surface area contributed by atoms with Crippen molar-refractivity contribution in [2.24, 2.45) is 5.92 Å². The van der Waals surface area contributed by atoms with Gasteiger partial charge in [-0.15, -0.1) is 0 Å². The largest absolute Gasteiger partial charge is 0.287 e. The molecule has 1 aromatic carbocycles. The summed E-state index contributed by atoms with van der Waals surface area (Å²) in [5.74, 6) is 0.578. The summed E-state index contributed by atoms with van der Waals surface area (Å²) in [6, 6.07) is 12.2. The molecule has 2 heteroatoms. The van der Waals surface area contributed by atoms with Gasteiger partial charge in [-0.05, 0) is 18.5 Å². The van der Waals surface area contributed by atoms with Crippen molar-refractivity contribution in [1.29, 1.82) is 5.26 Å². The first-order valence-electron chi connectivity index (χ1n) is 5.30. The van der Waals surface area contributed by atoms with Gasteiger partial charge in [-0.1, -0.05) is 44.2 Å². The Morgan fingerprint density at radius 3 is 2.33 bits per heavy atom. The summed E-state index contributed by atoms with van der Waals surface area (Å²) in [5.41, 5.74) is 1.07. The van der Waals surface area contributed by atoms with E-state index in [2.05, 4.69) is 24.8 Å². The summed E-state index contributed by atoms with van der Waals surface area (Å²) in [7, 11) is 2.00. The van der Waals surface area contributed by atoms with Gasteiger partial charge in [-0.25, -0.2) is 0 Å². The van der Waals surface area contributed by atoms with Crippen molar-refractivity contribution in [3.05, 3.63) is 35.9 Å². The van der Waals surface area contributed by atoms with Crippen molar-refractivity contribution in [2.75, 3.05) is 13.6 Å². The van der Waals surface area contributed by atoms with Crippen LogP contribution in [0.25, 0.3) is 0 Å². The predicted octanol–water partition coefficient (Wildman–Crippen LogP) is 2.84. The number of rotatable bonds is 4. The Morgan fingerprint density at radius 2 is 1.87 bits per heavy atom. The van der Waals surface area contributed by atoms with Crippen LogP contribution < -0.4 is 0 Å². The van der Waals surface area contributed by atoms with E-state index in [1.165, 1.54) is 0 Å². The lowest BCUT2D eigenvalue weighted by molar-refractivity contribution is 0.259. The Kier molecular flexibility index (Phi) is 4.33. The highest BCUT2D eigenvalue weighted by Gasteiger charge is 2.16. The topological polar surface area (TPSA) is 27.0 Å². The highest BCUT2D eigenvalue weighted by atomic mass is 15.1. The van der Waals surface area contributed by atoms with E-state index in [0.717, 1.165) is 12.1 Å². The van der Waals surface area contributed by atoms with Crippen LogP contribution in [0, 0.1) is 17.2 Å². The van der Waals surface area contributed by atoms with E-state index in [1.54, 1.807) is 0 Å². The number of nitrogens with zero attached hydrogens (tertiary/aromatic N) is 2. The fraction of sp³-hybridized carbons (Fsp3) is 0.462. The van der Waals surface area contributed by atoms with Crippen LogP contribution in [0.5, 0.6) is 0 Å². The molecule has 0 N–H and O–H groups in total. The summed E-state index contributed by atoms with van der Waals surface area (Å²) in [4.78, 5) is 2.10. The van der Waals surface area contributed by atoms with E-state index in [-0.39, 0.29) is 6.04 Å². The predicted molar refractivity (Wildman–Crippen MR) is 62.3 cm³/mol. The number of hydrogen-bond donors (Lipinski definition) is 0. The van der Waals surface area contributed by atoms with Gasteiger partial charge in [0.05, 0.1) is 6.07 Å². The number of hydrogen-bond acceptors (Lipinski definition) is 2. The van der Waals surface area contributed by atoms with Crippen molar-refractivity contribution >= 4 is 0 Å². The Hall–Kier alpha value is -1.33. The zero-order valence-corrected chi connectivity index (χ0v) is 9.64. The van der Waals surface area contributed by atoms with Gasteiger partial charge in [-0.2, -0.15) is 5.26 Å². The molecule has 0 heterocycles. The number of benzene rings is 1. The molecule has 0 radical (unpaired) electrons. The van der Waals surface area contributed by atoms with Gasteiger partial charge >= 0.3 is 0 Å². The third-order valence-electron chi connectivity index (χ3n) is 2.33. The van der Waals surface area contributed by atoms with Gasteiger partial charge in [0.15, 0.2) is 0 Å². The van der Waals surface area contributed by atoms with Crippen LogP contribution >= 0.6 is 0 Å². The lowest BCUT2D eigenvalue weighted by atomic mass is 10.1. The second kappa shape index (κ2) is 5.53. The van der Waals surface area contributed by atoms with Gasteiger partial charge in [0.1, 0.15) is 6.04 Å². The van der Waals surface area contributed by atoms with E-state index in [0.29, 0.717) is 5.92 Å². The zero-order valence-electron chi connectivity index (χ0n) is 9.64. The lowest BCUT2D eigenvalue weighted by Gasteiger charge is -2.24. The monoisotopic (exact) mass is 202 g/mol. The molecule has 2 nitrogen and oxygen atoms in total. The van der Waals surface area contributed by atoms with Gasteiger partial charge in [0.2, 0.25) is 0 Å². The van der Waals surface area contributed by atoms with Crippen molar-refractivity contribution in [2.45, 2.75) is 19.9 Å². The van der Waals surface area contributed by atoms with Crippen molar-refractivity contribution in [3.8, 4) is 6.07 Å². The van der Waals surface area contributed by atoms with Crippen molar-refractivity contribution < 1.29 is 0 Å². The lowest BCUT2D eigenvalue weighted by Crippen LogP contribution is -2.27. The molecular weight excluding hydrogens is 184 g/mol. The third-order valence-corrected chi connectivity index (χ3v) is 2.33. The Bertz CT molecular complexity index is 324. The number of nitriles is 1. The van der Waals surface area contributed by atoms with Crippen LogP contribution in [-0.2, 0) is 0 Å². The maximum absolute atomic E-state index is 9.17. The van der Waals surface area contributed by atoms with Crippen LogP contribution in [0.1, 0.15) is 25.5 Å². The maximum Gasteiger partial charge on any atom is 0.123 e. The van der Waals surface area contributed by atoms with E-state index in [1.807, 2.05) is 37.4 Å². The van der Waals surface area contributed by atoms with E-state index in [9.17, 15) is 5.26 Å². The molecule has 0 bridgehead atoms. The maximum atomic E-state index is 9.17. The smallest absolute Gasteiger partial charge is 0.123 e. The summed E-state index contributed by atoms with van der Waals surface area (Å²) in [6.07, 6.45) is 0. The zero-order chi connectivity index (χ0) is 11.3. The van der Waals surface area contributed by atoms with Crippen LogP contribution in [0.15, 0.2) is 30.3 Å².